The fraction of sp³-hybridized carbons (Fsp3) is 0.750. The van der Waals surface area contributed by atoms with Gasteiger partial charge in [0.05, 0.1) is 0 Å². The zero-order valence-corrected chi connectivity index (χ0v) is 14.3. The first kappa shape index (κ1) is 14.7. The Balaban J connectivity index is 1.17. The average molecular weight is 337 g/mol. The molecule has 22 heavy (non-hydrogen) atoms. The highest BCUT2D eigenvalue weighted by atomic mass is 32.1. The fourth-order valence-electron chi connectivity index (χ4n) is 4.89. The summed E-state index contributed by atoms with van der Waals surface area (Å²) in [5.74, 6) is 3.13. The van der Waals surface area contributed by atoms with Crippen molar-refractivity contribution in [3.8, 4) is 0 Å². The van der Waals surface area contributed by atoms with Gasteiger partial charge in [-0.3, -0.25) is 10.9 Å². The largest absolute Gasteiger partial charge is 0.358 e. The second kappa shape index (κ2) is 5.96. The molecule has 120 valence electrons. The van der Waals surface area contributed by atoms with Crippen molar-refractivity contribution >= 4 is 34.7 Å². The molecule has 6 heteroatoms. The van der Waals surface area contributed by atoms with Gasteiger partial charge in [0, 0.05) is 12.1 Å². The molecule has 0 unspecified atom stereocenters. The standard InChI is InChI=1S/C16H24N4S2/c21-15(17-13-7-9-1-3-11(13)5-9)19-20-16(22)18-14-8-10-2-4-12(14)6-10/h1,3,9-14H,2,4-8H2,(H2,17,19,21)(H2,18,20,22)/t9-,10-,11-,12-,13-,14-/m1/s1. The fourth-order valence-corrected chi connectivity index (χ4v) is 5.30. The Bertz CT molecular complexity index is 506. The van der Waals surface area contributed by atoms with E-state index in [2.05, 4.69) is 33.6 Å². The predicted molar refractivity (Wildman–Crippen MR) is 96.1 cm³/mol. The Kier molecular flexibility index (Phi) is 3.98. The van der Waals surface area contributed by atoms with Crippen LogP contribution in [-0.4, -0.2) is 22.3 Å². The minimum absolute atomic E-state index is 0.476. The molecule has 0 saturated heterocycles. The SMILES string of the molecule is S=C(NNC(=S)N[C@@H]1C[C@@H]2C=C[C@@H]1C2)N[C@@H]1C[C@@H]2CC[C@@H]1C2. The maximum atomic E-state index is 5.38. The van der Waals surface area contributed by atoms with Gasteiger partial charge in [0.1, 0.15) is 0 Å². The molecule has 6 atom stereocenters. The van der Waals surface area contributed by atoms with Crippen molar-refractivity contribution in [2.24, 2.45) is 23.7 Å². The molecule has 0 radical (unpaired) electrons. The minimum Gasteiger partial charge on any atom is -0.358 e. The van der Waals surface area contributed by atoms with E-state index in [0.29, 0.717) is 28.2 Å². The van der Waals surface area contributed by atoms with Gasteiger partial charge in [-0.1, -0.05) is 18.6 Å². The van der Waals surface area contributed by atoms with E-state index >= 15 is 0 Å². The van der Waals surface area contributed by atoms with Crippen LogP contribution in [0.15, 0.2) is 12.2 Å². The lowest BCUT2D eigenvalue weighted by Gasteiger charge is -2.26. The highest BCUT2D eigenvalue weighted by Crippen LogP contribution is 2.44. The smallest absolute Gasteiger partial charge is 0.185 e. The zero-order valence-electron chi connectivity index (χ0n) is 12.7. The summed E-state index contributed by atoms with van der Waals surface area (Å²) in [6, 6.07) is 1.03. The second-order valence-corrected chi connectivity index (χ2v) is 8.18. The molecule has 0 aliphatic heterocycles. The summed E-state index contributed by atoms with van der Waals surface area (Å²) in [4.78, 5) is 0. The van der Waals surface area contributed by atoms with Crippen molar-refractivity contribution in [2.75, 3.05) is 0 Å². The Morgan fingerprint density at radius 3 is 2.14 bits per heavy atom. The van der Waals surface area contributed by atoms with Crippen LogP contribution in [-0.2, 0) is 0 Å². The summed E-state index contributed by atoms with van der Waals surface area (Å²) < 4.78 is 0. The first-order valence-corrected chi connectivity index (χ1v) is 9.30. The van der Waals surface area contributed by atoms with Crippen molar-refractivity contribution < 1.29 is 0 Å². The van der Waals surface area contributed by atoms with Gasteiger partial charge >= 0.3 is 0 Å². The highest BCUT2D eigenvalue weighted by molar-refractivity contribution is 7.80. The highest BCUT2D eigenvalue weighted by Gasteiger charge is 2.39. The Morgan fingerprint density at radius 2 is 1.59 bits per heavy atom. The number of hydrogen-bond donors (Lipinski definition) is 4. The van der Waals surface area contributed by atoms with Crippen LogP contribution in [0.25, 0.3) is 0 Å². The maximum Gasteiger partial charge on any atom is 0.185 e. The van der Waals surface area contributed by atoms with Crippen LogP contribution in [0, 0.1) is 23.7 Å². The van der Waals surface area contributed by atoms with Crippen LogP contribution in [0.1, 0.15) is 38.5 Å². The first-order valence-electron chi connectivity index (χ1n) is 8.48. The summed E-state index contributed by atoms with van der Waals surface area (Å²) in [6.45, 7) is 0. The number of allylic oxidation sites excluding steroid dienone is 1. The Labute approximate surface area is 142 Å². The van der Waals surface area contributed by atoms with Crippen LogP contribution >= 0.6 is 24.4 Å². The number of fused-ring (bicyclic) bond motifs is 4. The van der Waals surface area contributed by atoms with Crippen molar-refractivity contribution in [1.29, 1.82) is 0 Å². The molecular weight excluding hydrogens is 312 g/mol. The normalized spacial score (nSPS) is 40.7. The number of thiocarbonyl (C=S) groups is 2. The molecule has 3 saturated carbocycles. The van der Waals surface area contributed by atoms with Crippen molar-refractivity contribution in [2.45, 2.75) is 50.6 Å². The summed E-state index contributed by atoms with van der Waals surface area (Å²) in [5.41, 5.74) is 6.06. The topological polar surface area (TPSA) is 48.1 Å². The van der Waals surface area contributed by atoms with Gasteiger partial charge in [0.25, 0.3) is 0 Å². The molecule has 0 aromatic carbocycles. The molecule has 4 bridgehead atoms. The number of hydrogen-bond acceptors (Lipinski definition) is 2. The Hall–Kier alpha value is -0.880. The van der Waals surface area contributed by atoms with Gasteiger partial charge in [-0.05, 0) is 80.2 Å². The lowest BCUT2D eigenvalue weighted by molar-refractivity contribution is 0.388. The molecule has 4 rings (SSSR count). The average Bonchev–Trinajstić information content (AvgIpc) is 3.25. The van der Waals surface area contributed by atoms with E-state index in [1.165, 1.54) is 38.5 Å². The molecule has 0 amide bonds. The number of rotatable bonds is 2. The lowest BCUT2D eigenvalue weighted by Crippen LogP contribution is -2.54. The van der Waals surface area contributed by atoms with Gasteiger partial charge in [-0.25, -0.2) is 0 Å². The summed E-state index contributed by atoms with van der Waals surface area (Å²) in [5, 5.41) is 8.15. The zero-order chi connectivity index (χ0) is 15.1. The quantitative estimate of drug-likeness (QED) is 0.351. The van der Waals surface area contributed by atoms with Crippen molar-refractivity contribution in [1.82, 2.24) is 21.5 Å². The minimum atomic E-state index is 0.476. The van der Waals surface area contributed by atoms with Gasteiger partial charge in [0.2, 0.25) is 0 Å². The molecule has 0 aromatic heterocycles. The molecule has 4 aliphatic rings. The second-order valence-electron chi connectivity index (χ2n) is 7.37. The molecular formula is C16H24N4S2. The van der Waals surface area contributed by atoms with Crippen molar-refractivity contribution in [3.63, 3.8) is 0 Å². The maximum absolute atomic E-state index is 5.38. The van der Waals surface area contributed by atoms with Crippen LogP contribution in [0.4, 0.5) is 0 Å². The van der Waals surface area contributed by atoms with Crippen LogP contribution in [0.2, 0.25) is 0 Å². The molecule has 4 aliphatic carbocycles. The Morgan fingerprint density at radius 1 is 0.818 bits per heavy atom. The van der Waals surface area contributed by atoms with Crippen LogP contribution in [0.3, 0.4) is 0 Å². The lowest BCUT2D eigenvalue weighted by atomic mass is 9.96. The third-order valence-electron chi connectivity index (χ3n) is 5.94. The van der Waals surface area contributed by atoms with Gasteiger partial charge in [0.15, 0.2) is 10.2 Å². The summed E-state index contributed by atoms with van der Waals surface area (Å²) >= 11 is 10.7. The molecule has 4 N–H and O–H groups in total. The van der Waals surface area contributed by atoms with E-state index in [1.807, 2.05) is 0 Å². The monoisotopic (exact) mass is 336 g/mol. The molecule has 0 spiro atoms. The molecule has 0 aromatic rings. The van der Waals surface area contributed by atoms with Gasteiger partial charge < -0.3 is 10.6 Å². The van der Waals surface area contributed by atoms with Gasteiger partial charge in [-0.15, -0.1) is 0 Å². The molecule has 0 heterocycles. The van der Waals surface area contributed by atoms with Gasteiger partial charge in [-0.2, -0.15) is 0 Å². The third-order valence-corrected chi connectivity index (χ3v) is 6.38. The van der Waals surface area contributed by atoms with E-state index in [-0.39, 0.29) is 0 Å². The van der Waals surface area contributed by atoms with E-state index in [1.54, 1.807) is 0 Å². The van der Waals surface area contributed by atoms with E-state index < -0.39 is 0 Å². The van der Waals surface area contributed by atoms with E-state index in [0.717, 1.165) is 17.8 Å². The van der Waals surface area contributed by atoms with Crippen LogP contribution in [0.5, 0.6) is 0 Å². The first-order chi connectivity index (χ1) is 10.7. The number of hydrazine groups is 1. The number of nitrogens with one attached hydrogen (secondary N) is 4. The van der Waals surface area contributed by atoms with Crippen molar-refractivity contribution in [3.05, 3.63) is 12.2 Å². The predicted octanol–water partition coefficient (Wildman–Crippen LogP) is 1.98. The van der Waals surface area contributed by atoms with Crippen LogP contribution < -0.4 is 21.5 Å². The summed E-state index contributed by atoms with van der Waals surface area (Å²) in [6.07, 6.45) is 12.5. The molecule has 3 fully saturated rings. The summed E-state index contributed by atoms with van der Waals surface area (Å²) in [7, 11) is 0. The van der Waals surface area contributed by atoms with E-state index in [4.69, 9.17) is 24.4 Å². The van der Waals surface area contributed by atoms with E-state index in [9.17, 15) is 0 Å². The molecule has 4 nitrogen and oxygen atoms in total. The third kappa shape index (κ3) is 2.95.